The van der Waals surface area contributed by atoms with Gasteiger partial charge in [0.05, 0.1) is 18.5 Å². The summed E-state index contributed by atoms with van der Waals surface area (Å²) in [5, 5.41) is 2.74. The van der Waals surface area contributed by atoms with E-state index in [1.165, 1.54) is 11.9 Å². The molecule has 1 aromatic heterocycles. The summed E-state index contributed by atoms with van der Waals surface area (Å²) in [6, 6.07) is 5.67. The molecular formula is C17H19FN4O3S. The largest absolute Gasteiger partial charge is 0.345 e. The molecular weight excluding hydrogens is 359 g/mol. The zero-order valence-electron chi connectivity index (χ0n) is 14.6. The minimum atomic E-state index is -0.710. The number of carbonyl (C=O) groups is 2. The van der Waals surface area contributed by atoms with E-state index < -0.39 is 11.5 Å². The quantitative estimate of drug-likeness (QED) is 0.589. The van der Waals surface area contributed by atoms with Crippen molar-refractivity contribution in [3.05, 3.63) is 51.8 Å². The highest BCUT2D eigenvalue weighted by Crippen LogP contribution is 2.19. The van der Waals surface area contributed by atoms with Crippen LogP contribution in [0.4, 0.5) is 10.1 Å². The average Bonchev–Trinajstić information content (AvgIpc) is 2.58. The number of para-hydroxylation sites is 1. The number of hydrogen-bond acceptors (Lipinski definition) is 5. The minimum absolute atomic E-state index is 0.0632. The van der Waals surface area contributed by atoms with E-state index in [0.717, 1.165) is 34.8 Å². The van der Waals surface area contributed by atoms with Crippen LogP contribution in [0.25, 0.3) is 0 Å². The number of rotatable bonds is 6. The zero-order chi connectivity index (χ0) is 19.3. The van der Waals surface area contributed by atoms with E-state index >= 15 is 0 Å². The standard InChI is InChI=1S/C17H19FN4O3S/c1-10-5-4-6-11(2)15(10)20-13(23)8-22(3)14(24)9-26-16-12(18)7-19-17(25)21-16/h4-7H,8-9H2,1-3H3,(H,20,23)(H,19,21,25). The fraction of sp³-hybridized carbons (Fsp3) is 0.294. The van der Waals surface area contributed by atoms with Gasteiger partial charge in [0.1, 0.15) is 5.03 Å². The molecule has 1 aromatic carbocycles. The Hall–Kier alpha value is -2.68. The van der Waals surface area contributed by atoms with Crippen LogP contribution >= 0.6 is 11.8 Å². The number of benzene rings is 1. The third-order valence-corrected chi connectivity index (χ3v) is 4.60. The Bertz CT molecular complexity index is 864. The first-order chi connectivity index (χ1) is 12.3. The molecule has 0 aliphatic carbocycles. The fourth-order valence-corrected chi connectivity index (χ4v) is 3.04. The van der Waals surface area contributed by atoms with Crippen LogP contribution in [0.2, 0.25) is 0 Å². The van der Waals surface area contributed by atoms with Crippen LogP contribution in [0.1, 0.15) is 11.1 Å². The Morgan fingerprint density at radius 1 is 1.31 bits per heavy atom. The second kappa shape index (κ2) is 8.61. The summed E-state index contributed by atoms with van der Waals surface area (Å²) >= 11 is 0.840. The van der Waals surface area contributed by atoms with Gasteiger partial charge >= 0.3 is 5.69 Å². The number of H-pyrrole nitrogens is 1. The lowest BCUT2D eigenvalue weighted by molar-refractivity contribution is -0.131. The van der Waals surface area contributed by atoms with Gasteiger partial charge in [-0.3, -0.25) is 14.6 Å². The average molecular weight is 378 g/mol. The Kier molecular flexibility index (Phi) is 6.51. The molecule has 2 aromatic rings. The lowest BCUT2D eigenvalue weighted by atomic mass is 10.1. The Labute approximate surface area is 154 Å². The molecule has 0 bridgehead atoms. The zero-order valence-corrected chi connectivity index (χ0v) is 15.4. The maximum Gasteiger partial charge on any atom is 0.345 e. The van der Waals surface area contributed by atoms with Gasteiger partial charge in [-0.05, 0) is 25.0 Å². The lowest BCUT2D eigenvalue weighted by Gasteiger charge is -2.18. The molecule has 2 rings (SSSR count). The van der Waals surface area contributed by atoms with E-state index in [9.17, 15) is 18.8 Å². The molecule has 0 atom stereocenters. The van der Waals surface area contributed by atoms with Crippen molar-refractivity contribution in [2.45, 2.75) is 18.9 Å². The molecule has 1 heterocycles. The molecule has 2 N–H and O–H groups in total. The number of amides is 2. The van der Waals surface area contributed by atoms with Crippen LogP contribution in [-0.4, -0.2) is 46.0 Å². The van der Waals surface area contributed by atoms with Gasteiger partial charge in [-0.2, -0.15) is 4.98 Å². The molecule has 138 valence electrons. The smallest absolute Gasteiger partial charge is 0.336 e. The van der Waals surface area contributed by atoms with Gasteiger partial charge in [-0.15, -0.1) is 0 Å². The van der Waals surface area contributed by atoms with Gasteiger partial charge in [-0.25, -0.2) is 9.18 Å². The first-order valence-electron chi connectivity index (χ1n) is 7.75. The highest BCUT2D eigenvalue weighted by atomic mass is 32.2. The molecule has 9 heteroatoms. The molecule has 0 unspecified atom stereocenters. The van der Waals surface area contributed by atoms with E-state index in [1.807, 2.05) is 32.0 Å². The molecule has 0 saturated heterocycles. The van der Waals surface area contributed by atoms with Crippen molar-refractivity contribution in [3.8, 4) is 0 Å². The summed E-state index contributed by atoms with van der Waals surface area (Å²) in [6.45, 7) is 3.64. The molecule has 0 radical (unpaired) electrons. The van der Waals surface area contributed by atoms with Crippen molar-refractivity contribution in [3.63, 3.8) is 0 Å². The van der Waals surface area contributed by atoms with Crippen molar-refractivity contribution < 1.29 is 14.0 Å². The van der Waals surface area contributed by atoms with Crippen LogP contribution in [0.15, 0.2) is 34.2 Å². The summed E-state index contributed by atoms with van der Waals surface area (Å²) in [4.78, 5) is 42.1. The van der Waals surface area contributed by atoms with Gasteiger partial charge in [-0.1, -0.05) is 30.0 Å². The van der Waals surface area contributed by atoms with Crippen molar-refractivity contribution in [2.75, 3.05) is 24.7 Å². The second-order valence-electron chi connectivity index (χ2n) is 5.72. The van der Waals surface area contributed by atoms with Crippen LogP contribution in [0.5, 0.6) is 0 Å². The predicted octanol–water partition coefficient (Wildman–Crippen LogP) is 1.72. The van der Waals surface area contributed by atoms with Crippen molar-refractivity contribution >= 4 is 29.3 Å². The van der Waals surface area contributed by atoms with Gasteiger partial charge in [0.15, 0.2) is 5.82 Å². The first kappa shape index (κ1) is 19.6. The number of nitrogens with one attached hydrogen (secondary N) is 2. The van der Waals surface area contributed by atoms with Gasteiger partial charge in [0, 0.05) is 12.7 Å². The molecule has 0 fully saturated rings. The Morgan fingerprint density at radius 2 is 1.96 bits per heavy atom. The van der Waals surface area contributed by atoms with Crippen molar-refractivity contribution in [1.82, 2.24) is 14.9 Å². The SMILES string of the molecule is Cc1cccc(C)c1NC(=O)CN(C)C(=O)CSc1[nH]c(=O)ncc1F. The van der Waals surface area contributed by atoms with Gasteiger partial charge < -0.3 is 10.2 Å². The molecule has 0 aliphatic heterocycles. The fourth-order valence-electron chi connectivity index (χ4n) is 2.21. The summed E-state index contributed by atoms with van der Waals surface area (Å²) in [7, 11) is 1.48. The molecule has 0 saturated carbocycles. The molecule has 0 aliphatic rings. The number of thioether (sulfide) groups is 1. The van der Waals surface area contributed by atoms with Crippen LogP contribution in [0.3, 0.4) is 0 Å². The number of anilines is 1. The number of halogens is 1. The Balaban J connectivity index is 1.91. The highest BCUT2D eigenvalue weighted by Gasteiger charge is 2.16. The summed E-state index contributed by atoms with van der Waals surface area (Å²) in [6.07, 6.45) is 0.799. The first-order valence-corrected chi connectivity index (χ1v) is 8.74. The van der Waals surface area contributed by atoms with Crippen LogP contribution < -0.4 is 11.0 Å². The number of nitrogens with zero attached hydrogens (tertiary/aromatic N) is 2. The van der Waals surface area contributed by atoms with E-state index in [1.54, 1.807) is 0 Å². The lowest BCUT2D eigenvalue weighted by Crippen LogP contribution is -2.36. The minimum Gasteiger partial charge on any atom is -0.336 e. The van der Waals surface area contributed by atoms with Gasteiger partial charge in [0.25, 0.3) is 0 Å². The normalized spacial score (nSPS) is 10.5. The molecule has 7 nitrogen and oxygen atoms in total. The molecule has 0 spiro atoms. The number of aromatic amines is 1. The molecule has 2 amide bonds. The number of likely N-dealkylation sites (N-methyl/N-ethyl adjacent to an activating group) is 1. The van der Waals surface area contributed by atoms with E-state index in [0.29, 0.717) is 0 Å². The second-order valence-corrected chi connectivity index (χ2v) is 6.70. The maximum absolute atomic E-state index is 13.5. The van der Waals surface area contributed by atoms with E-state index in [2.05, 4.69) is 15.3 Å². The van der Waals surface area contributed by atoms with Crippen molar-refractivity contribution in [2.24, 2.45) is 0 Å². The van der Waals surface area contributed by atoms with Gasteiger partial charge in [0.2, 0.25) is 11.8 Å². The predicted molar refractivity (Wildman–Crippen MR) is 97.7 cm³/mol. The summed E-state index contributed by atoms with van der Waals surface area (Å²) in [5.74, 6) is -1.53. The third kappa shape index (κ3) is 5.16. The number of hydrogen-bond donors (Lipinski definition) is 2. The summed E-state index contributed by atoms with van der Waals surface area (Å²) < 4.78 is 13.5. The van der Waals surface area contributed by atoms with Crippen LogP contribution in [0, 0.1) is 19.7 Å². The van der Waals surface area contributed by atoms with E-state index in [4.69, 9.17) is 0 Å². The highest BCUT2D eigenvalue weighted by molar-refractivity contribution is 7.99. The molecule has 26 heavy (non-hydrogen) atoms. The monoisotopic (exact) mass is 378 g/mol. The number of carbonyl (C=O) groups excluding carboxylic acids is 2. The van der Waals surface area contributed by atoms with Crippen LogP contribution in [-0.2, 0) is 9.59 Å². The summed E-state index contributed by atoms with van der Waals surface area (Å²) in [5.41, 5.74) is 1.90. The number of aryl methyl sites for hydroxylation is 2. The number of aromatic nitrogens is 2. The van der Waals surface area contributed by atoms with E-state index in [-0.39, 0.29) is 29.1 Å². The topological polar surface area (TPSA) is 95.2 Å². The van der Waals surface area contributed by atoms with Crippen molar-refractivity contribution in [1.29, 1.82) is 0 Å². The maximum atomic E-state index is 13.5. The third-order valence-electron chi connectivity index (χ3n) is 3.62. The Morgan fingerprint density at radius 3 is 2.62 bits per heavy atom.